The van der Waals surface area contributed by atoms with Crippen molar-refractivity contribution in [2.24, 2.45) is 0 Å². The van der Waals surface area contributed by atoms with Gasteiger partial charge in [-0.15, -0.1) is 10.2 Å². The van der Waals surface area contributed by atoms with Crippen molar-refractivity contribution in [3.8, 4) is 0 Å². The fourth-order valence-corrected chi connectivity index (χ4v) is 3.47. The quantitative estimate of drug-likeness (QED) is 0.888. The van der Waals surface area contributed by atoms with Crippen molar-refractivity contribution >= 4 is 22.4 Å². The number of nitrogens with one attached hydrogen (secondary N) is 2. The van der Waals surface area contributed by atoms with E-state index in [-0.39, 0.29) is 5.41 Å². The van der Waals surface area contributed by atoms with Crippen molar-refractivity contribution in [1.29, 1.82) is 0 Å². The van der Waals surface area contributed by atoms with Gasteiger partial charge in [-0.1, -0.05) is 41.7 Å². The van der Waals surface area contributed by atoms with E-state index >= 15 is 0 Å². The number of aromatic nitrogens is 2. The van der Waals surface area contributed by atoms with Crippen LogP contribution in [-0.2, 0) is 10.2 Å². The molecule has 8 heteroatoms. The minimum atomic E-state index is -2.84. The zero-order valence-electron chi connectivity index (χ0n) is 13.3. The topological polar surface area (TPSA) is 66.9 Å². The molecule has 0 bridgehead atoms. The highest BCUT2D eigenvalue weighted by molar-refractivity contribution is 7.15. The molecule has 0 spiro atoms. The van der Waals surface area contributed by atoms with Crippen LogP contribution in [0.1, 0.15) is 30.8 Å². The van der Waals surface area contributed by atoms with E-state index < -0.39 is 30.8 Å². The maximum absolute atomic E-state index is 13.2. The molecule has 3 rings (SSSR count). The van der Waals surface area contributed by atoms with E-state index in [0.717, 1.165) is 10.6 Å². The lowest BCUT2D eigenvalue weighted by Gasteiger charge is -2.21. The summed E-state index contributed by atoms with van der Waals surface area (Å²) in [6, 6.07) is 8.94. The van der Waals surface area contributed by atoms with Gasteiger partial charge in [-0.05, 0) is 19.4 Å². The van der Waals surface area contributed by atoms with Crippen LogP contribution >= 0.6 is 11.3 Å². The third kappa shape index (κ3) is 3.44. The molecule has 0 saturated carbocycles. The fraction of sp³-hybridized carbons (Fsp3) is 0.438. The van der Waals surface area contributed by atoms with Crippen molar-refractivity contribution in [2.75, 3.05) is 11.9 Å². The molecule has 1 aliphatic heterocycles. The number of hydrogen-bond donors (Lipinski definition) is 2. The fourth-order valence-electron chi connectivity index (χ4n) is 2.60. The van der Waals surface area contributed by atoms with Crippen LogP contribution in [-0.4, -0.2) is 34.6 Å². The first-order valence-corrected chi connectivity index (χ1v) is 8.41. The Balaban J connectivity index is 1.71. The van der Waals surface area contributed by atoms with Crippen molar-refractivity contribution in [3.05, 3.63) is 40.9 Å². The van der Waals surface area contributed by atoms with Crippen LogP contribution in [0.4, 0.5) is 13.9 Å². The van der Waals surface area contributed by atoms with Gasteiger partial charge in [0.15, 0.2) is 0 Å². The van der Waals surface area contributed by atoms with E-state index in [4.69, 9.17) is 0 Å². The van der Waals surface area contributed by atoms with E-state index in [1.165, 1.54) is 11.3 Å². The summed E-state index contributed by atoms with van der Waals surface area (Å²) < 4.78 is 26.3. The number of hydrogen-bond acceptors (Lipinski definition) is 5. The first kappa shape index (κ1) is 16.9. The molecular formula is C16H18F2N4OS. The van der Waals surface area contributed by atoms with Gasteiger partial charge in [-0.25, -0.2) is 8.78 Å². The van der Waals surface area contributed by atoms with Crippen LogP contribution < -0.4 is 10.6 Å². The van der Waals surface area contributed by atoms with Gasteiger partial charge in [0.1, 0.15) is 5.01 Å². The van der Waals surface area contributed by atoms with E-state index in [1.54, 1.807) is 0 Å². The minimum Gasteiger partial charge on any atom is -0.300 e. The Hall–Kier alpha value is -1.93. The number of alkyl halides is 2. The van der Waals surface area contributed by atoms with Crippen LogP contribution in [0.15, 0.2) is 30.3 Å². The summed E-state index contributed by atoms with van der Waals surface area (Å²) in [6.45, 7) is 3.56. The smallest absolute Gasteiger partial charge is 0.262 e. The molecule has 24 heavy (non-hydrogen) atoms. The lowest BCUT2D eigenvalue weighted by Crippen LogP contribution is -2.35. The number of amides is 1. The molecule has 1 unspecified atom stereocenters. The molecule has 0 radical (unpaired) electrons. The largest absolute Gasteiger partial charge is 0.300 e. The van der Waals surface area contributed by atoms with Gasteiger partial charge < -0.3 is 0 Å². The summed E-state index contributed by atoms with van der Waals surface area (Å²) in [5.74, 6) is -3.35. The molecule has 2 N–H and O–H groups in total. The van der Waals surface area contributed by atoms with E-state index in [9.17, 15) is 13.6 Å². The first-order valence-electron chi connectivity index (χ1n) is 7.59. The Bertz CT molecular complexity index is 733. The molecular weight excluding hydrogens is 334 g/mol. The van der Waals surface area contributed by atoms with Crippen LogP contribution in [0.3, 0.4) is 0 Å². The van der Waals surface area contributed by atoms with Crippen molar-refractivity contribution in [3.63, 3.8) is 0 Å². The maximum atomic E-state index is 13.2. The second-order valence-corrected chi connectivity index (χ2v) is 7.36. The monoisotopic (exact) mass is 352 g/mol. The summed E-state index contributed by atoms with van der Waals surface area (Å²) >= 11 is 1.25. The normalized spacial score (nSPS) is 20.1. The standard InChI is InChI=1S/C16H18F2N4OS/c1-15(2,10-6-4-3-5-7-10)13-21-22-14(24-13)20-12(23)11-8-16(17,18)9-19-11/h3-7,11,19H,8-9H2,1-2H3,(H,20,22,23). The summed E-state index contributed by atoms with van der Waals surface area (Å²) in [5.41, 5.74) is 0.719. The Morgan fingerprint density at radius 1 is 1.33 bits per heavy atom. The SMILES string of the molecule is CC(C)(c1ccccc1)c1nnc(NC(=O)C2CC(F)(F)CN2)s1. The van der Waals surface area contributed by atoms with Gasteiger partial charge in [-0.2, -0.15) is 0 Å². The number of benzene rings is 1. The lowest BCUT2D eigenvalue weighted by molar-refractivity contribution is -0.118. The van der Waals surface area contributed by atoms with Crippen molar-refractivity contribution in [2.45, 2.75) is 37.6 Å². The second kappa shape index (κ2) is 6.18. The molecule has 2 aromatic rings. The summed E-state index contributed by atoms with van der Waals surface area (Å²) in [7, 11) is 0. The van der Waals surface area contributed by atoms with Crippen molar-refractivity contribution < 1.29 is 13.6 Å². The van der Waals surface area contributed by atoms with Gasteiger partial charge in [0.25, 0.3) is 5.92 Å². The first-order chi connectivity index (χ1) is 11.3. The number of carbonyl (C=O) groups is 1. The molecule has 2 heterocycles. The Kier molecular flexibility index (Phi) is 4.35. The van der Waals surface area contributed by atoms with Gasteiger partial charge in [0.2, 0.25) is 11.0 Å². The number of nitrogens with zero attached hydrogens (tertiary/aromatic N) is 2. The molecule has 1 saturated heterocycles. The summed E-state index contributed by atoms with van der Waals surface area (Å²) in [5, 5.41) is 14.3. The predicted octanol–water partition coefficient (Wildman–Crippen LogP) is 2.80. The summed E-state index contributed by atoms with van der Waals surface area (Å²) in [6.07, 6.45) is -0.500. The number of halogens is 2. The third-order valence-electron chi connectivity index (χ3n) is 4.11. The minimum absolute atomic E-state index is 0.316. The predicted molar refractivity (Wildman–Crippen MR) is 88.5 cm³/mol. The highest BCUT2D eigenvalue weighted by Crippen LogP contribution is 2.34. The van der Waals surface area contributed by atoms with Crippen LogP contribution in [0.5, 0.6) is 0 Å². The molecule has 0 aliphatic carbocycles. The average Bonchev–Trinajstić information content (AvgIpc) is 3.15. The number of rotatable bonds is 4. The Labute approximate surface area is 142 Å². The molecule has 1 aromatic heterocycles. The molecule has 128 valence electrons. The molecule has 1 atom stereocenters. The van der Waals surface area contributed by atoms with Crippen LogP contribution in [0.25, 0.3) is 0 Å². The average molecular weight is 352 g/mol. The molecule has 1 fully saturated rings. The number of carbonyl (C=O) groups excluding carboxylic acids is 1. The zero-order valence-corrected chi connectivity index (χ0v) is 14.2. The van der Waals surface area contributed by atoms with Gasteiger partial charge in [0.05, 0.1) is 12.6 Å². The van der Waals surface area contributed by atoms with E-state index in [0.29, 0.717) is 5.13 Å². The highest BCUT2D eigenvalue weighted by Gasteiger charge is 2.42. The Morgan fingerprint density at radius 3 is 2.67 bits per heavy atom. The Morgan fingerprint density at radius 2 is 2.04 bits per heavy atom. The summed E-state index contributed by atoms with van der Waals surface area (Å²) in [4.78, 5) is 12.1. The third-order valence-corrected chi connectivity index (χ3v) is 5.27. The lowest BCUT2D eigenvalue weighted by atomic mass is 9.85. The van der Waals surface area contributed by atoms with Crippen molar-refractivity contribution in [1.82, 2.24) is 15.5 Å². The maximum Gasteiger partial charge on any atom is 0.262 e. The molecule has 1 aromatic carbocycles. The second-order valence-electron chi connectivity index (χ2n) is 6.39. The van der Waals surface area contributed by atoms with E-state index in [2.05, 4.69) is 20.8 Å². The van der Waals surface area contributed by atoms with Gasteiger partial charge >= 0.3 is 0 Å². The van der Waals surface area contributed by atoms with Gasteiger partial charge in [0, 0.05) is 11.8 Å². The van der Waals surface area contributed by atoms with Crippen LogP contribution in [0, 0.1) is 0 Å². The highest BCUT2D eigenvalue weighted by atomic mass is 32.1. The van der Waals surface area contributed by atoms with Gasteiger partial charge in [-0.3, -0.25) is 15.4 Å². The molecule has 5 nitrogen and oxygen atoms in total. The molecule has 1 aliphatic rings. The van der Waals surface area contributed by atoms with E-state index in [1.807, 2.05) is 44.2 Å². The van der Waals surface area contributed by atoms with Crippen LogP contribution in [0.2, 0.25) is 0 Å². The zero-order chi connectivity index (χ0) is 17.4. The molecule has 1 amide bonds. The number of anilines is 1.